The normalized spacial score (nSPS) is 19.1. The van der Waals surface area contributed by atoms with Crippen LogP contribution < -0.4 is 10.8 Å². The fraction of sp³-hybridized carbons (Fsp3) is 0.400. The van der Waals surface area contributed by atoms with Gasteiger partial charge in [-0.25, -0.2) is 5.48 Å². The van der Waals surface area contributed by atoms with Gasteiger partial charge in [-0.3, -0.25) is 19.6 Å². The molecule has 0 aliphatic carbocycles. The predicted octanol–water partition coefficient (Wildman–Crippen LogP) is 3.40. The van der Waals surface area contributed by atoms with Crippen LogP contribution in [-0.4, -0.2) is 40.4 Å². The number of carbonyl (C=O) groups is 3. The van der Waals surface area contributed by atoms with E-state index in [9.17, 15) is 14.4 Å². The highest BCUT2D eigenvalue weighted by atomic mass is 16.5. The summed E-state index contributed by atoms with van der Waals surface area (Å²) in [5.41, 5.74) is 2.34. The van der Waals surface area contributed by atoms with Crippen LogP contribution in [-0.2, 0) is 20.8 Å². The number of hydroxylamine groups is 1. The summed E-state index contributed by atoms with van der Waals surface area (Å²) < 4.78 is 0. The molecule has 170 valence electrons. The van der Waals surface area contributed by atoms with Crippen LogP contribution >= 0.6 is 0 Å². The summed E-state index contributed by atoms with van der Waals surface area (Å²) in [6, 6.07) is 18.0. The van der Waals surface area contributed by atoms with E-state index in [1.54, 1.807) is 22.5 Å². The van der Waals surface area contributed by atoms with Gasteiger partial charge in [0.25, 0.3) is 0 Å². The standard InChI is InChI=1S/C25H31N3O4/c1-18(2)16-25(17-22(29)27-32)13-14-28(24(25)31)21(15-19-9-5-3-6-10-19)23(30)26-20-11-7-4-8-12-20/h3-12,18,21,32H,13-17H2,1-2H3,(H,26,30)(H,27,29)/t21-,25+/m0/s1. The van der Waals surface area contributed by atoms with Gasteiger partial charge < -0.3 is 10.2 Å². The van der Waals surface area contributed by atoms with Crippen molar-refractivity contribution in [2.45, 2.75) is 45.6 Å². The molecule has 2 aromatic carbocycles. The van der Waals surface area contributed by atoms with Crippen molar-refractivity contribution in [2.75, 3.05) is 11.9 Å². The highest BCUT2D eigenvalue weighted by Gasteiger charge is 2.50. The molecule has 3 N–H and O–H groups in total. The van der Waals surface area contributed by atoms with Gasteiger partial charge in [-0.2, -0.15) is 0 Å². The maximum atomic E-state index is 13.7. The van der Waals surface area contributed by atoms with Crippen LogP contribution in [0.3, 0.4) is 0 Å². The van der Waals surface area contributed by atoms with Gasteiger partial charge in [0, 0.05) is 25.1 Å². The SMILES string of the molecule is CC(C)C[C@@]1(CC(=O)NO)CCN([C@@H](Cc2ccccc2)C(=O)Nc2ccccc2)C1=O. The fourth-order valence-electron chi connectivity index (χ4n) is 4.63. The van der Waals surface area contributed by atoms with Crippen LogP contribution in [0.25, 0.3) is 0 Å². The molecule has 1 aliphatic heterocycles. The average Bonchev–Trinajstić information content (AvgIpc) is 3.08. The number of anilines is 1. The molecule has 3 amide bonds. The Bertz CT molecular complexity index is 933. The molecular formula is C25H31N3O4. The summed E-state index contributed by atoms with van der Waals surface area (Å²) in [5.74, 6) is -0.885. The Kier molecular flexibility index (Phi) is 7.64. The number of rotatable bonds is 9. The van der Waals surface area contributed by atoms with E-state index < -0.39 is 17.4 Å². The molecule has 7 nitrogen and oxygen atoms in total. The first-order chi connectivity index (χ1) is 15.3. The van der Waals surface area contributed by atoms with Gasteiger partial charge in [-0.05, 0) is 36.5 Å². The van der Waals surface area contributed by atoms with Crippen molar-refractivity contribution < 1.29 is 19.6 Å². The second-order valence-electron chi connectivity index (χ2n) is 8.90. The number of para-hydroxylation sites is 1. The molecule has 0 spiro atoms. The minimum absolute atomic E-state index is 0.102. The van der Waals surface area contributed by atoms with E-state index in [0.717, 1.165) is 5.56 Å². The molecule has 7 heteroatoms. The van der Waals surface area contributed by atoms with E-state index in [1.165, 1.54) is 0 Å². The molecule has 1 aliphatic rings. The Labute approximate surface area is 188 Å². The van der Waals surface area contributed by atoms with Crippen LogP contribution in [0.4, 0.5) is 5.69 Å². The second-order valence-corrected chi connectivity index (χ2v) is 8.90. The molecule has 1 heterocycles. The van der Waals surface area contributed by atoms with E-state index in [4.69, 9.17) is 5.21 Å². The lowest BCUT2D eigenvalue weighted by atomic mass is 9.75. The van der Waals surface area contributed by atoms with Gasteiger partial charge in [0.2, 0.25) is 17.7 Å². The van der Waals surface area contributed by atoms with Gasteiger partial charge >= 0.3 is 0 Å². The predicted molar refractivity (Wildman–Crippen MR) is 122 cm³/mol. The van der Waals surface area contributed by atoms with Crippen molar-refractivity contribution in [1.29, 1.82) is 0 Å². The molecule has 2 aromatic rings. The van der Waals surface area contributed by atoms with Gasteiger partial charge in [0.1, 0.15) is 6.04 Å². The molecule has 0 aromatic heterocycles. The third kappa shape index (κ3) is 5.53. The first kappa shape index (κ1) is 23.5. The quantitative estimate of drug-likeness (QED) is 0.414. The van der Waals surface area contributed by atoms with E-state index in [1.807, 2.05) is 62.4 Å². The summed E-state index contributed by atoms with van der Waals surface area (Å²) >= 11 is 0. The Hall–Kier alpha value is -3.19. The topological polar surface area (TPSA) is 98.7 Å². The van der Waals surface area contributed by atoms with E-state index in [-0.39, 0.29) is 24.2 Å². The number of nitrogens with one attached hydrogen (secondary N) is 2. The van der Waals surface area contributed by atoms with E-state index in [2.05, 4.69) is 5.32 Å². The summed E-state index contributed by atoms with van der Waals surface area (Å²) in [4.78, 5) is 40.7. The maximum Gasteiger partial charge on any atom is 0.247 e. The van der Waals surface area contributed by atoms with Crippen molar-refractivity contribution in [3.8, 4) is 0 Å². The Morgan fingerprint density at radius 2 is 1.69 bits per heavy atom. The maximum absolute atomic E-state index is 13.7. The molecule has 0 saturated carbocycles. The van der Waals surface area contributed by atoms with Crippen molar-refractivity contribution >= 4 is 23.4 Å². The van der Waals surface area contributed by atoms with Crippen molar-refractivity contribution in [1.82, 2.24) is 10.4 Å². The van der Waals surface area contributed by atoms with E-state index in [0.29, 0.717) is 31.5 Å². The smallest absolute Gasteiger partial charge is 0.247 e. The molecule has 1 fully saturated rings. The van der Waals surface area contributed by atoms with E-state index >= 15 is 0 Å². The zero-order valence-electron chi connectivity index (χ0n) is 18.6. The third-order valence-electron chi connectivity index (χ3n) is 5.96. The highest BCUT2D eigenvalue weighted by molar-refractivity contribution is 5.99. The summed E-state index contributed by atoms with van der Waals surface area (Å²) in [7, 11) is 0. The zero-order chi connectivity index (χ0) is 23.1. The third-order valence-corrected chi connectivity index (χ3v) is 5.96. The zero-order valence-corrected chi connectivity index (χ0v) is 18.6. The Morgan fingerprint density at radius 1 is 1.06 bits per heavy atom. The molecule has 0 unspecified atom stereocenters. The van der Waals surface area contributed by atoms with Gasteiger partial charge in [0.15, 0.2) is 0 Å². The van der Waals surface area contributed by atoms with Crippen molar-refractivity contribution in [3.63, 3.8) is 0 Å². The van der Waals surface area contributed by atoms with Crippen molar-refractivity contribution in [2.24, 2.45) is 11.3 Å². The summed E-state index contributed by atoms with van der Waals surface area (Å²) in [6.07, 6.45) is 1.24. The van der Waals surface area contributed by atoms with Crippen molar-refractivity contribution in [3.05, 3.63) is 66.2 Å². The number of nitrogens with zero attached hydrogens (tertiary/aromatic N) is 1. The first-order valence-corrected chi connectivity index (χ1v) is 11.0. The summed E-state index contributed by atoms with van der Waals surface area (Å²) in [5, 5.41) is 12.0. The van der Waals surface area contributed by atoms with Gasteiger partial charge in [-0.15, -0.1) is 0 Å². The molecule has 0 radical (unpaired) electrons. The lowest BCUT2D eigenvalue weighted by molar-refractivity contribution is -0.146. The Balaban J connectivity index is 1.90. The average molecular weight is 438 g/mol. The number of likely N-dealkylation sites (tertiary alicyclic amines) is 1. The molecular weight excluding hydrogens is 406 g/mol. The molecule has 1 saturated heterocycles. The second kappa shape index (κ2) is 10.4. The summed E-state index contributed by atoms with van der Waals surface area (Å²) in [6.45, 7) is 4.38. The highest BCUT2D eigenvalue weighted by Crippen LogP contribution is 2.42. The minimum atomic E-state index is -0.928. The number of hydrogen-bond donors (Lipinski definition) is 3. The molecule has 32 heavy (non-hydrogen) atoms. The lowest BCUT2D eigenvalue weighted by Gasteiger charge is -2.32. The van der Waals surface area contributed by atoms with Gasteiger partial charge in [0.05, 0.1) is 5.41 Å². The first-order valence-electron chi connectivity index (χ1n) is 11.0. The van der Waals surface area contributed by atoms with Crippen LogP contribution in [0.15, 0.2) is 60.7 Å². The van der Waals surface area contributed by atoms with Crippen LogP contribution in [0, 0.1) is 11.3 Å². The largest absolute Gasteiger partial charge is 0.330 e. The van der Waals surface area contributed by atoms with Gasteiger partial charge in [-0.1, -0.05) is 62.4 Å². The number of benzene rings is 2. The minimum Gasteiger partial charge on any atom is -0.330 e. The van der Waals surface area contributed by atoms with Crippen LogP contribution in [0.1, 0.15) is 38.7 Å². The molecule has 2 atom stereocenters. The fourth-order valence-corrected chi connectivity index (χ4v) is 4.63. The number of hydrogen-bond acceptors (Lipinski definition) is 4. The van der Waals surface area contributed by atoms with Crippen LogP contribution in [0.5, 0.6) is 0 Å². The number of amides is 3. The number of carbonyl (C=O) groups excluding carboxylic acids is 3. The molecule has 3 rings (SSSR count). The Morgan fingerprint density at radius 3 is 2.28 bits per heavy atom. The molecule has 0 bridgehead atoms. The lowest BCUT2D eigenvalue weighted by Crippen LogP contribution is -2.49. The monoisotopic (exact) mass is 437 g/mol. The van der Waals surface area contributed by atoms with Crippen LogP contribution in [0.2, 0.25) is 0 Å².